The quantitative estimate of drug-likeness (QED) is 0.907. The first-order valence-corrected chi connectivity index (χ1v) is 7.85. The van der Waals surface area contributed by atoms with E-state index >= 15 is 0 Å². The number of hydrogen-bond donors (Lipinski definition) is 1. The van der Waals surface area contributed by atoms with Gasteiger partial charge in [0.15, 0.2) is 0 Å². The lowest BCUT2D eigenvalue weighted by Gasteiger charge is -2.30. The molecule has 2 aromatic carbocycles. The molecule has 2 N–H and O–H groups in total. The van der Waals surface area contributed by atoms with Gasteiger partial charge in [0.1, 0.15) is 11.6 Å². The van der Waals surface area contributed by atoms with Crippen molar-refractivity contribution in [3.63, 3.8) is 0 Å². The van der Waals surface area contributed by atoms with E-state index in [1.807, 2.05) is 24.3 Å². The minimum Gasteiger partial charge on any atom is -0.493 e. The highest BCUT2D eigenvalue weighted by molar-refractivity contribution is 9.10. The lowest BCUT2D eigenvalue weighted by Crippen LogP contribution is -2.34. The molecule has 2 atom stereocenters. The van der Waals surface area contributed by atoms with Gasteiger partial charge in [0.05, 0.1) is 6.61 Å². The van der Waals surface area contributed by atoms with Crippen LogP contribution in [0.25, 0.3) is 0 Å². The van der Waals surface area contributed by atoms with E-state index in [2.05, 4.69) is 22.0 Å². The maximum atomic E-state index is 13.5. The van der Waals surface area contributed by atoms with Crippen LogP contribution in [0.1, 0.15) is 23.5 Å². The van der Waals surface area contributed by atoms with E-state index in [0.717, 1.165) is 27.8 Å². The molecule has 21 heavy (non-hydrogen) atoms. The van der Waals surface area contributed by atoms with Crippen molar-refractivity contribution in [1.29, 1.82) is 0 Å². The lowest BCUT2D eigenvalue weighted by molar-refractivity contribution is 0.254. The highest BCUT2D eigenvalue weighted by Gasteiger charge is 2.26. The number of halogens is 2. The van der Waals surface area contributed by atoms with Crippen molar-refractivity contribution in [2.75, 3.05) is 6.61 Å². The Labute approximate surface area is 132 Å². The van der Waals surface area contributed by atoms with Crippen LogP contribution < -0.4 is 10.5 Å². The topological polar surface area (TPSA) is 35.2 Å². The summed E-state index contributed by atoms with van der Waals surface area (Å²) in [6.07, 6.45) is 1.55. The smallest absolute Gasteiger partial charge is 0.124 e. The van der Waals surface area contributed by atoms with Gasteiger partial charge < -0.3 is 10.5 Å². The third-order valence-electron chi connectivity index (χ3n) is 3.92. The van der Waals surface area contributed by atoms with Gasteiger partial charge in [-0.2, -0.15) is 0 Å². The Balaban J connectivity index is 1.81. The molecule has 0 aliphatic carbocycles. The number of rotatable bonds is 3. The molecule has 1 aliphatic rings. The van der Waals surface area contributed by atoms with Crippen molar-refractivity contribution >= 4 is 15.9 Å². The molecule has 3 rings (SSSR count). The number of hydrogen-bond acceptors (Lipinski definition) is 2. The van der Waals surface area contributed by atoms with Crippen molar-refractivity contribution in [2.45, 2.75) is 24.8 Å². The number of benzene rings is 2. The highest BCUT2D eigenvalue weighted by Crippen LogP contribution is 2.35. The summed E-state index contributed by atoms with van der Waals surface area (Å²) in [4.78, 5) is 0. The SMILES string of the molecule is NC(Cc1cc(F)cc(Br)c1)C1CCOc2ccccc21. The van der Waals surface area contributed by atoms with Gasteiger partial charge in [0.2, 0.25) is 0 Å². The van der Waals surface area contributed by atoms with Crippen LogP contribution in [0.4, 0.5) is 4.39 Å². The van der Waals surface area contributed by atoms with Crippen LogP contribution in [-0.4, -0.2) is 12.6 Å². The number of para-hydroxylation sites is 1. The zero-order valence-corrected chi connectivity index (χ0v) is 13.1. The normalized spacial score (nSPS) is 18.7. The van der Waals surface area contributed by atoms with Gasteiger partial charge in [-0.25, -0.2) is 4.39 Å². The third kappa shape index (κ3) is 3.27. The molecule has 110 valence electrons. The molecular weight excluding hydrogens is 333 g/mol. The minimum absolute atomic E-state index is 0.0521. The van der Waals surface area contributed by atoms with Gasteiger partial charge in [0.25, 0.3) is 0 Å². The highest BCUT2D eigenvalue weighted by atomic mass is 79.9. The fourth-order valence-electron chi connectivity index (χ4n) is 2.96. The van der Waals surface area contributed by atoms with E-state index in [4.69, 9.17) is 10.5 Å². The standard InChI is InChI=1S/C17H17BrFNO/c18-12-7-11(8-13(19)10-12)9-16(20)14-5-6-21-17-4-2-1-3-15(14)17/h1-4,7-8,10,14,16H,5-6,9,20H2. The molecule has 0 radical (unpaired) electrons. The van der Waals surface area contributed by atoms with Gasteiger partial charge in [-0.3, -0.25) is 0 Å². The van der Waals surface area contributed by atoms with Crippen molar-refractivity contribution < 1.29 is 9.13 Å². The van der Waals surface area contributed by atoms with Crippen LogP contribution in [-0.2, 0) is 6.42 Å². The second-order valence-electron chi connectivity index (χ2n) is 5.43. The van der Waals surface area contributed by atoms with Crippen LogP contribution in [0, 0.1) is 5.82 Å². The second-order valence-corrected chi connectivity index (χ2v) is 6.34. The summed E-state index contributed by atoms with van der Waals surface area (Å²) >= 11 is 3.32. The first kappa shape index (κ1) is 14.5. The molecule has 0 bridgehead atoms. The molecule has 2 unspecified atom stereocenters. The van der Waals surface area contributed by atoms with Crippen LogP contribution in [0.3, 0.4) is 0 Å². The van der Waals surface area contributed by atoms with Crippen LogP contribution >= 0.6 is 15.9 Å². The zero-order valence-electron chi connectivity index (χ0n) is 11.6. The number of fused-ring (bicyclic) bond motifs is 1. The Morgan fingerprint density at radius 1 is 1.29 bits per heavy atom. The molecule has 0 aromatic heterocycles. The fourth-order valence-corrected chi connectivity index (χ4v) is 3.47. The monoisotopic (exact) mass is 349 g/mol. The first-order chi connectivity index (χ1) is 10.1. The Hall–Kier alpha value is -1.39. The molecule has 0 spiro atoms. The molecule has 0 saturated carbocycles. The van der Waals surface area contributed by atoms with Crippen LogP contribution in [0.5, 0.6) is 5.75 Å². The Kier molecular flexibility index (Phi) is 4.27. The summed E-state index contributed by atoms with van der Waals surface area (Å²) in [6.45, 7) is 0.683. The average Bonchev–Trinajstić information content (AvgIpc) is 2.45. The Morgan fingerprint density at radius 3 is 2.90 bits per heavy atom. The van der Waals surface area contributed by atoms with Crippen molar-refractivity contribution in [2.24, 2.45) is 5.73 Å². The number of ether oxygens (including phenoxy) is 1. The lowest BCUT2D eigenvalue weighted by atomic mass is 9.84. The molecular formula is C17H17BrFNO. The first-order valence-electron chi connectivity index (χ1n) is 7.06. The molecule has 0 saturated heterocycles. The minimum atomic E-state index is -0.237. The summed E-state index contributed by atoms with van der Waals surface area (Å²) < 4.78 is 19.9. The summed E-state index contributed by atoms with van der Waals surface area (Å²) in [7, 11) is 0. The molecule has 4 heteroatoms. The Morgan fingerprint density at radius 2 is 2.10 bits per heavy atom. The predicted octanol–water partition coefficient (Wildman–Crippen LogP) is 4.02. The zero-order chi connectivity index (χ0) is 14.8. The largest absolute Gasteiger partial charge is 0.493 e. The summed E-state index contributed by atoms with van der Waals surface area (Å²) in [5.74, 6) is 0.931. The van der Waals surface area contributed by atoms with E-state index in [1.165, 1.54) is 6.07 Å². The van der Waals surface area contributed by atoms with Gasteiger partial charge in [-0.05, 0) is 48.2 Å². The summed E-state index contributed by atoms with van der Waals surface area (Å²) in [5, 5.41) is 0. The average molecular weight is 350 g/mol. The maximum absolute atomic E-state index is 13.5. The fraction of sp³-hybridized carbons (Fsp3) is 0.294. The van der Waals surface area contributed by atoms with Crippen LogP contribution in [0.15, 0.2) is 46.9 Å². The summed E-state index contributed by atoms with van der Waals surface area (Å²) in [6, 6.07) is 12.9. The van der Waals surface area contributed by atoms with E-state index < -0.39 is 0 Å². The Bertz CT molecular complexity index is 626. The van der Waals surface area contributed by atoms with Gasteiger partial charge in [-0.15, -0.1) is 0 Å². The molecule has 1 aliphatic heterocycles. The van der Waals surface area contributed by atoms with Crippen molar-refractivity contribution in [3.8, 4) is 5.75 Å². The van der Waals surface area contributed by atoms with Gasteiger partial charge in [0, 0.05) is 16.4 Å². The molecule has 0 fully saturated rings. The predicted molar refractivity (Wildman–Crippen MR) is 85.1 cm³/mol. The van der Waals surface area contributed by atoms with Crippen molar-refractivity contribution in [1.82, 2.24) is 0 Å². The van der Waals surface area contributed by atoms with Crippen LogP contribution in [0.2, 0.25) is 0 Å². The molecule has 0 amide bonds. The molecule has 2 nitrogen and oxygen atoms in total. The number of nitrogens with two attached hydrogens (primary N) is 1. The summed E-state index contributed by atoms with van der Waals surface area (Å²) in [5.41, 5.74) is 8.48. The molecule has 1 heterocycles. The third-order valence-corrected chi connectivity index (χ3v) is 4.37. The van der Waals surface area contributed by atoms with Gasteiger partial charge >= 0.3 is 0 Å². The van der Waals surface area contributed by atoms with Gasteiger partial charge in [-0.1, -0.05) is 34.1 Å². The van der Waals surface area contributed by atoms with E-state index in [9.17, 15) is 4.39 Å². The van der Waals surface area contributed by atoms with E-state index in [-0.39, 0.29) is 17.8 Å². The molecule has 2 aromatic rings. The van der Waals surface area contributed by atoms with E-state index in [1.54, 1.807) is 6.07 Å². The second kappa shape index (κ2) is 6.16. The maximum Gasteiger partial charge on any atom is 0.124 e. The van der Waals surface area contributed by atoms with E-state index in [0.29, 0.717) is 13.0 Å². The van der Waals surface area contributed by atoms with Crippen molar-refractivity contribution in [3.05, 3.63) is 63.9 Å².